The van der Waals surface area contributed by atoms with Crippen molar-refractivity contribution < 1.29 is 14.2 Å². The van der Waals surface area contributed by atoms with E-state index in [1.165, 1.54) is 13.0 Å². The second-order valence-electron chi connectivity index (χ2n) is 8.23. The maximum absolute atomic E-state index is 5.87. The van der Waals surface area contributed by atoms with E-state index in [0.717, 1.165) is 110 Å². The van der Waals surface area contributed by atoms with Crippen LogP contribution in [0.25, 0.3) is 0 Å². The second kappa shape index (κ2) is 12.6. The zero-order chi connectivity index (χ0) is 19.4. The molecule has 3 rings (SSSR count). The van der Waals surface area contributed by atoms with Gasteiger partial charge in [-0.25, -0.2) is 0 Å². The first-order chi connectivity index (χ1) is 13.8. The molecular weight excluding hydrogens is 356 g/mol. The summed E-state index contributed by atoms with van der Waals surface area (Å²) in [6.07, 6.45) is 4.53. The molecule has 3 saturated heterocycles. The van der Waals surface area contributed by atoms with Gasteiger partial charge in [-0.1, -0.05) is 0 Å². The predicted molar refractivity (Wildman–Crippen MR) is 112 cm³/mol. The molecule has 7 heteroatoms. The van der Waals surface area contributed by atoms with E-state index in [1.54, 1.807) is 0 Å². The lowest BCUT2D eigenvalue weighted by Gasteiger charge is -2.29. The lowest BCUT2D eigenvalue weighted by molar-refractivity contribution is 0.0205. The van der Waals surface area contributed by atoms with E-state index in [1.807, 2.05) is 0 Å². The number of aliphatic imine (C=N–C) groups is 1. The molecule has 0 radical (unpaired) electrons. The summed E-state index contributed by atoms with van der Waals surface area (Å²) in [6, 6.07) is 0. The molecule has 0 bridgehead atoms. The minimum absolute atomic E-state index is 0.683. The highest BCUT2D eigenvalue weighted by Crippen LogP contribution is 2.18. The Hall–Kier alpha value is -0.890. The molecule has 28 heavy (non-hydrogen) atoms. The molecule has 1 atom stereocenters. The topological polar surface area (TPSA) is 58.6 Å². The third-order valence-electron chi connectivity index (χ3n) is 5.94. The van der Waals surface area contributed by atoms with Crippen LogP contribution >= 0.6 is 0 Å². The van der Waals surface area contributed by atoms with Gasteiger partial charge in [0.2, 0.25) is 0 Å². The molecule has 0 amide bonds. The quantitative estimate of drug-likeness (QED) is 0.362. The highest BCUT2D eigenvalue weighted by Gasteiger charge is 2.27. The number of hydrogen-bond acceptors (Lipinski definition) is 5. The summed E-state index contributed by atoms with van der Waals surface area (Å²) in [5.74, 6) is 2.50. The number of nitrogens with zero attached hydrogens (tertiary/aromatic N) is 3. The number of hydrogen-bond donors (Lipinski definition) is 1. The van der Waals surface area contributed by atoms with Crippen molar-refractivity contribution in [2.24, 2.45) is 16.8 Å². The lowest BCUT2D eigenvalue weighted by Crippen LogP contribution is -2.42. The summed E-state index contributed by atoms with van der Waals surface area (Å²) in [7, 11) is 0. The molecule has 0 aliphatic carbocycles. The number of morpholine rings is 1. The predicted octanol–water partition coefficient (Wildman–Crippen LogP) is 1.44. The van der Waals surface area contributed by atoms with Gasteiger partial charge < -0.3 is 24.4 Å². The second-order valence-corrected chi connectivity index (χ2v) is 8.23. The van der Waals surface area contributed by atoms with Crippen LogP contribution in [0.15, 0.2) is 4.99 Å². The summed E-state index contributed by atoms with van der Waals surface area (Å²) in [6.45, 7) is 14.7. The molecular formula is C21H40N4O3. The van der Waals surface area contributed by atoms with Crippen molar-refractivity contribution in [3.8, 4) is 0 Å². The summed E-state index contributed by atoms with van der Waals surface area (Å²) in [4.78, 5) is 9.85. The minimum Gasteiger partial charge on any atom is -0.381 e. The smallest absolute Gasteiger partial charge is 0.193 e. The van der Waals surface area contributed by atoms with Gasteiger partial charge in [0.05, 0.1) is 13.2 Å². The van der Waals surface area contributed by atoms with Gasteiger partial charge in [-0.15, -0.1) is 0 Å². The van der Waals surface area contributed by atoms with Crippen molar-refractivity contribution in [3.63, 3.8) is 0 Å². The van der Waals surface area contributed by atoms with E-state index < -0.39 is 0 Å². The van der Waals surface area contributed by atoms with Crippen molar-refractivity contribution in [1.29, 1.82) is 0 Å². The van der Waals surface area contributed by atoms with Crippen LogP contribution in [0.1, 0.15) is 32.6 Å². The first-order valence-electron chi connectivity index (χ1n) is 11.3. The van der Waals surface area contributed by atoms with Gasteiger partial charge in [-0.2, -0.15) is 0 Å². The van der Waals surface area contributed by atoms with Crippen LogP contribution in [0, 0.1) is 11.8 Å². The maximum atomic E-state index is 5.87. The first-order valence-corrected chi connectivity index (χ1v) is 11.3. The molecule has 0 spiro atoms. The van der Waals surface area contributed by atoms with E-state index >= 15 is 0 Å². The summed E-state index contributed by atoms with van der Waals surface area (Å²) in [5.41, 5.74) is 0. The van der Waals surface area contributed by atoms with E-state index in [4.69, 9.17) is 19.2 Å². The van der Waals surface area contributed by atoms with Crippen LogP contribution < -0.4 is 5.32 Å². The van der Waals surface area contributed by atoms with Crippen LogP contribution in [-0.2, 0) is 14.2 Å². The fraction of sp³-hybridized carbons (Fsp3) is 0.952. The fourth-order valence-electron chi connectivity index (χ4n) is 4.26. The summed E-state index contributed by atoms with van der Waals surface area (Å²) < 4.78 is 16.7. The average molecular weight is 397 g/mol. The number of rotatable bonds is 9. The molecule has 162 valence electrons. The Kier molecular flexibility index (Phi) is 9.83. The minimum atomic E-state index is 0.683. The standard InChI is InChI=1S/C21H40N4O3/c1-2-22-21(23-7-3-11-28-18-19-5-12-26-13-6-19)25-8-4-20(17-25)16-24-9-14-27-15-10-24/h19-20H,2-18H2,1H3,(H,22,23). The summed E-state index contributed by atoms with van der Waals surface area (Å²) >= 11 is 0. The molecule has 3 aliphatic heterocycles. The van der Waals surface area contributed by atoms with Crippen molar-refractivity contribution in [2.75, 3.05) is 85.5 Å². The Morgan fingerprint density at radius 3 is 2.61 bits per heavy atom. The van der Waals surface area contributed by atoms with Crippen LogP contribution in [-0.4, -0.2) is 101 Å². The molecule has 1 unspecified atom stereocenters. The van der Waals surface area contributed by atoms with E-state index in [-0.39, 0.29) is 0 Å². The highest BCUT2D eigenvalue weighted by atomic mass is 16.5. The normalized spacial score (nSPS) is 25.4. The summed E-state index contributed by atoms with van der Waals surface area (Å²) in [5, 5.41) is 3.48. The first kappa shape index (κ1) is 21.8. The molecule has 3 fully saturated rings. The van der Waals surface area contributed by atoms with Gasteiger partial charge in [0, 0.05) is 72.2 Å². The van der Waals surface area contributed by atoms with E-state index in [2.05, 4.69) is 22.0 Å². The van der Waals surface area contributed by atoms with Gasteiger partial charge in [-0.05, 0) is 44.4 Å². The Morgan fingerprint density at radius 1 is 1.04 bits per heavy atom. The number of nitrogens with one attached hydrogen (secondary N) is 1. The van der Waals surface area contributed by atoms with Gasteiger partial charge in [0.15, 0.2) is 5.96 Å². The Morgan fingerprint density at radius 2 is 1.82 bits per heavy atom. The Labute approximate surface area is 170 Å². The molecule has 7 nitrogen and oxygen atoms in total. The maximum Gasteiger partial charge on any atom is 0.193 e. The average Bonchev–Trinajstić information content (AvgIpc) is 3.19. The van der Waals surface area contributed by atoms with Crippen LogP contribution in [0.4, 0.5) is 0 Å². The van der Waals surface area contributed by atoms with Crippen LogP contribution in [0.3, 0.4) is 0 Å². The number of guanidine groups is 1. The zero-order valence-corrected chi connectivity index (χ0v) is 17.7. The largest absolute Gasteiger partial charge is 0.381 e. The fourth-order valence-corrected chi connectivity index (χ4v) is 4.26. The number of likely N-dealkylation sites (tertiary alicyclic amines) is 1. The van der Waals surface area contributed by atoms with Gasteiger partial charge in [-0.3, -0.25) is 9.89 Å². The van der Waals surface area contributed by atoms with Crippen LogP contribution in [0.2, 0.25) is 0 Å². The molecule has 0 aromatic heterocycles. The molecule has 1 N–H and O–H groups in total. The van der Waals surface area contributed by atoms with Gasteiger partial charge in [0.1, 0.15) is 0 Å². The molecule has 0 saturated carbocycles. The molecule has 3 aliphatic rings. The Balaban J connectivity index is 1.32. The highest BCUT2D eigenvalue weighted by molar-refractivity contribution is 5.80. The van der Waals surface area contributed by atoms with Gasteiger partial charge in [0.25, 0.3) is 0 Å². The lowest BCUT2D eigenvalue weighted by atomic mass is 10.0. The van der Waals surface area contributed by atoms with Crippen molar-refractivity contribution in [1.82, 2.24) is 15.1 Å². The SMILES string of the molecule is CCNC(=NCCCOCC1CCOCC1)N1CCC(CN2CCOCC2)C1. The number of ether oxygens (including phenoxy) is 3. The van der Waals surface area contributed by atoms with Crippen LogP contribution in [0.5, 0.6) is 0 Å². The zero-order valence-electron chi connectivity index (χ0n) is 17.7. The van der Waals surface area contributed by atoms with Crippen molar-refractivity contribution in [3.05, 3.63) is 0 Å². The van der Waals surface area contributed by atoms with Gasteiger partial charge >= 0.3 is 0 Å². The van der Waals surface area contributed by atoms with E-state index in [0.29, 0.717) is 5.92 Å². The Bertz CT molecular complexity index is 451. The van der Waals surface area contributed by atoms with E-state index in [9.17, 15) is 0 Å². The third-order valence-corrected chi connectivity index (χ3v) is 5.94. The molecule has 0 aromatic carbocycles. The molecule has 3 heterocycles. The van der Waals surface area contributed by atoms with Crippen molar-refractivity contribution in [2.45, 2.75) is 32.6 Å². The van der Waals surface area contributed by atoms with Crippen molar-refractivity contribution >= 4 is 5.96 Å². The molecule has 0 aromatic rings. The monoisotopic (exact) mass is 396 g/mol. The third kappa shape index (κ3) is 7.50.